The zero-order valence-electron chi connectivity index (χ0n) is 10.1. The molecule has 0 aromatic heterocycles. The number of piperidine rings is 1. The number of methoxy groups -OCH3 is 1. The average Bonchev–Trinajstić information content (AvgIpc) is 2.29. The van der Waals surface area contributed by atoms with E-state index >= 15 is 0 Å². The maximum atomic E-state index is 11.5. The van der Waals surface area contributed by atoms with Crippen LogP contribution < -0.4 is 11.1 Å². The van der Waals surface area contributed by atoms with Crippen molar-refractivity contribution in [3.05, 3.63) is 0 Å². The summed E-state index contributed by atoms with van der Waals surface area (Å²) in [5.74, 6) is 0.634. The lowest BCUT2D eigenvalue weighted by Gasteiger charge is -2.31. The van der Waals surface area contributed by atoms with Crippen LogP contribution in [0.5, 0.6) is 0 Å². The van der Waals surface area contributed by atoms with Crippen LogP contribution in [0.4, 0.5) is 0 Å². The highest BCUT2D eigenvalue weighted by Gasteiger charge is 2.20. The second-order valence-electron chi connectivity index (χ2n) is 4.32. The van der Waals surface area contributed by atoms with Crippen molar-refractivity contribution in [3.63, 3.8) is 0 Å². The quantitative estimate of drug-likeness (QED) is 0.598. The molecule has 0 aliphatic carbocycles. The Hall–Kier alpha value is -0.650. The minimum atomic E-state index is 0.0784. The van der Waals surface area contributed by atoms with Gasteiger partial charge in [0.2, 0.25) is 5.91 Å². The van der Waals surface area contributed by atoms with Gasteiger partial charge in [-0.2, -0.15) is 0 Å². The number of hydrogen-bond acceptors (Lipinski definition) is 4. The number of ether oxygens (including phenoxy) is 1. The number of nitrogens with two attached hydrogens (primary N) is 1. The first-order valence-corrected chi connectivity index (χ1v) is 5.94. The van der Waals surface area contributed by atoms with Gasteiger partial charge in [-0.1, -0.05) is 0 Å². The first-order chi connectivity index (χ1) is 7.76. The molecule has 5 nitrogen and oxygen atoms in total. The van der Waals surface area contributed by atoms with Crippen molar-refractivity contribution in [2.75, 3.05) is 46.4 Å². The summed E-state index contributed by atoms with van der Waals surface area (Å²) in [7, 11) is 1.63. The molecule has 1 saturated heterocycles. The Morgan fingerprint density at radius 1 is 1.62 bits per heavy atom. The van der Waals surface area contributed by atoms with E-state index < -0.39 is 0 Å². The van der Waals surface area contributed by atoms with Crippen LogP contribution in [0.1, 0.15) is 12.8 Å². The summed E-state index contributed by atoms with van der Waals surface area (Å²) < 4.78 is 4.87. The van der Waals surface area contributed by atoms with Crippen LogP contribution in [0.2, 0.25) is 0 Å². The van der Waals surface area contributed by atoms with E-state index in [1.165, 1.54) is 6.42 Å². The zero-order valence-corrected chi connectivity index (χ0v) is 10.1. The molecule has 94 valence electrons. The Morgan fingerprint density at radius 3 is 3.12 bits per heavy atom. The number of likely N-dealkylation sites (tertiary alicyclic amines) is 1. The normalized spacial score (nSPS) is 22.0. The largest absolute Gasteiger partial charge is 0.383 e. The smallest absolute Gasteiger partial charge is 0.234 e. The lowest BCUT2D eigenvalue weighted by atomic mass is 9.98. The molecule has 0 aromatic carbocycles. The van der Waals surface area contributed by atoms with Crippen LogP contribution in [0.3, 0.4) is 0 Å². The van der Waals surface area contributed by atoms with Gasteiger partial charge in [-0.3, -0.25) is 9.69 Å². The third-order valence-electron chi connectivity index (χ3n) is 2.93. The number of amides is 1. The van der Waals surface area contributed by atoms with Crippen LogP contribution in [0.15, 0.2) is 0 Å². The fraction of sp³-hybridized carbons (Fsp3) is 0.909. The van der Waals surface area contributed by atoms with Crippen molar-refractivity contribution in [1.29, 1.82) is 0 Å². The van der Waals surface area contributed by atoms with Crippen LogP contribution in [-0.4, -0.2) is 57.2 Å². The molecule has 1 fully saturated rings. The van der Waals surface area contributed by atoms with Gasteiger partial charge in [-0.05, 0) is 31.8 Å². The summed E-state index contributed by atoms with van der Waals surface area (Å²) in [5, 5.41) is 2.83. The van der Waals surface area contributed by atoms with Crippen LogP contribution >= 0.6 is 0 Å². The minimum absolute atomic E-state index is 0.0784. The second-order valence-corrected chi connectivity index (χ2v) is 4.32. The predicted molar refractivity (Wildman–Crippen MR) is 63.1 cm³/mol. The van der Waals surface area contributed by atoms with Gasteiger partial charge in [-0.25, -0.2) is 0 Å². The minimum Gasteiger partial charge on any atom is -0.383 e. The lowest BCUT2D eigenvalue weighted by molar-refractivity contribution is -0.122. The molecule has 3 N–H and O–H groups in total. The van der Waals surface area contributed by atoms with E-state index in [2.05, 4.69) is 10.2 Å². The Bertz CT molecular complexity index is 211. The zero-order chi connectivity index (χ0) is 11.8. The van der Waals surface area contributed by atoms with E-state index in [9.17, 15) is 4.79 Å². The SMILES string of the molecule is COCCNC(=O)CN1CCC[C@H](CN)C1. The Balaban J connectivity index is 2.17. The molecule has 1 amide bonds. The molecule has 0 spiro atoms. The summed E-state index contributed by atoms with van der Waals surface area (Å²) in [4.78, 5) is 13.7. The van der Waals surface area contributed by atoms with Gasteiger partial charge in [0.25, 0.3) is 0 Å². The molecule has 0 radical (unpaired) electrons. The molecule has 16 heavy (non-hydrogen) atoms. The average molecular weight is 229 g/mol. The third-order valence-corrected chi connectivity index (χ3v) is 2.93. The van der Waals surface area contributed by atoms with Gasteiger partial charge in [0, 0.05) is 20.2 Å². The van der Waals surface area contributed by atoms with E-state index in [0.717, 1.165) is 26.1 Å². The lowest BCUT2D eigenvalue weighted by Crippen LogP contribution is -2.44. The molecule has 5 heteroatoms. The maximum Gasteiger partial charge on any atom is 0.234 e. The highest BCUT2D eigenvalue weighted by Crippen LogP contribution is 2.14. The number of rotatable bonds is 6. The molecule has 1 atom stereocenters. The predicted octanol–water partition coefficient (Wildman–Crippen LogP) is -0.580. The van der Waals surface area contributed by atoms with Crippen LogP contribution in [-0.2, 0) is 9.53 Å². The highest BCUT2D eigenvalue weighted by atomic mass is 16.5. The standard InChI is InChI=1S/C11H23N3O2/c1-16-6-4-13-11(15)9-14-5-2-3-10(7-12)8-14/h10H,2-9,12H2,1H3,(H,13,15)/t10-/m1/s1. The number of nitrogens with one attached hydrogen (secondary N) is 1. The fourth-order valence-electron chi connectivity index (χ4n) is 2.04. The second kappa shape index (κ2) is 7.60. The van der Waals surface area contributed by atoms with Gasteiger partial charge >= 0.3 is 0 Å². The number of carbonyl (C=O) groups is 1. The molecule has 0 aromatic rings. The van der Waals surface area contributed by atoms with Crippen molar-refractivity contribution in [2.24, 2.45) is 11.7 Å². The fourth-order valence-corrected chi connectivity index (χ4v) is 2.04. The van der Waals surface area contributed by atoms with Gasteiger partial charge in [0.15, 0.2) is 0 Å². The summed E-state index contributed by atoms with van der Waals surface area (Å²) >= 11 is 0. The number of carbonyl (C=O) groups excluding carboxylic acids is 1. The maximum absolute atomic E-state index is 11.5. The number of nitrogens with zero attached hydrogens (tertiary/aromatic N) is 1. The van der Waals surface area contributed by atoms with E-state index in [-0.39, 0.29) is 5.91 Å². The van der Waals surface area contributed by atoms with Crippen LogP contribution in [0.25, 0.3) is 0 Å². The molecular weight excluding hydrogens is 206 g/mol. The first kappa shape index (κ1) is 13.4. The monoisotopic (exact) mass is 229 g/mol. The van der Waals surface area contributed by atoms with Crippen molar-refractivity contribution in [1.82, 2.24) is 10.2 Å². The summed E-state index contributed by atoms with van der Waals surface area (Å²) in [6, 6.07) is 0. The van der Waals surface area contributed by atoms with E-state index in [0.29, 0.717) is 25.6 Å². The van der Waals surface area contributed by atoms with Crippen molar-refractivity contribution in [3.8, 4) is 0 Å². The van der Waals surface area contributed by atoms with E-state index in [4.69, 9.17) is 10.5 Å². The van der Waals surface area contributed by atoms with E-state index in [1.807, 2.05) is 0 Å². The number of hydrogen-bond donors (Lipinski definition) is 2. The van der Waals surface area contributed by atoms with Crippen LogP contribution in [0, 0.1) is 5.92 Å². The topological polar surface area (TPSA) is 67.6 Å². The molecule has 0 bridgehead atoms. The van der Waals surface area contributed by atoms with Gasteiger partial charge < -0.3 is 15.8 Å². The molecule has 1 rings (SSSR count). The Morgan fingerprint density at radius 2 is 2.44 bits per heavy atom. The highest BCUT2D eigenvalue weighted by molar-refractivity contribution is 5.77. The van der Waals surface area contributed by atoms with Crippen molar-refractivity contribution < 1.29 is 9.53 Å². The van der Waals surface area contributed by atoms with E-state index in [1.54, 1.807) is 7.11 Å². The van der Waals surface area contributed by atoms with Gasteiger partial charge in [0.05, 0.1) is 13.2 Å². The van der Waals surface area contributed by atoms with Gasteiger partial charge in [0.1, 0.15) is 0 Å². The Labute approximate surface area is 97.3 Å². The molecule has 1 aliphatic heterocycles. The third kappa shape index (κ3) is 4.92. The summed E-state index contributed by atoms with van der Waals surface area (Å²) in [6.07, 6.45) is 2.34. The summed E-state index contributed by atoms with van der Waals surface area (Å²) in [6.45, 7) is 4.32. The van der Waals surface area contributed by atoms with Crippen molar-refractivity contribution in [2.45, 2.75) is 12.8 Å². The Kier molecular flexibility index (Phi) is 6.37. The first-order valence-electron chi connectivity index (χ1n) is 5.94. The molecule has 0 saturated carbocycles. The summed E-state index contributed by atoms with van der Waals surface area (Å²) in [5.41, 5.74) is 5.65. The molecule has 1 aliphatic rings. The molecular formula is C11H23N3O2. The molecule has 1 heterocycles. The van der Waals surface area contributed by atoms with Gasteiger partial charge in [-0.15, -0.1) is 0 Å². The molecule has 0 unspecified atom stereocenters. The van der Waals surface area contributed by atoms with Crippen molar-refractivity contribution >= 4 is 5.91 Å².